The van der Waals surface area contributed by atoms with Gasteiger partial charge >= 0.3 is 0 Å². The van der Waals surface area contributed by atoms with E-state index in [-0.39, 0.29) is 18.3 Å². The Kier molecular flexibility index (Phi) is 4.80. The van der Waals surface area contributed by atoms with E-state index in [9.17, 15) is 4.39 Å². The van der Waals surface area contributed by atoms with Gasteiger partial charge in [0.25, 0.3) is 0 Å². The lowest BCUT2D eigenvalue weighted by molar-refractivity contribution is 0.170. The molecule has 1 saturated heterocycles. The van der Waals surface area contributed by atoms with E-state index >= 15 is 0 Å². The third-order valence-electron chi connectivity index (χ3n) is 4.01. The number of aliphatic hydroxyl groups excluding tert-OH is 1. The smallest absolute Gasteiger partial charge is 0.231 e. The first kappa shape index (κ1) is 15.1. The molecule has 2 heterocycles. The molecule has 1 aromatic carbocycles. The first-order valence-electron chi connectivity index (χ1n) is 7.69. The van der Waals surface area contributed by atoms with Crippen LogP contribution >= 0.6 is 0 Å². The normalized spacial score (nSPS) is 19.5. The van der Waals surface area contributed by atoms with Gasteiger partial charge in [0.1, 0.15) is 5.82 Å². The summed E-state index contributed by atoms with van der Waals surface area (Å²) >= 11 is 0. The van der Waals surface area contributed by atoms with Crippen LogP contribution in [0.3, 0.4) is 0 Å². The van der Waals surface area contributed by atoms with Gasteiger partial charge < -0.3 is 14.5 Å². The van der Waals surface area contributed by atoms with Gasteiger partial charge in [-0.2, -0.15) is 4.98 Å². The molecule has 22 heavy (non-hydrogen) atoms. The van der Waals surface area contributed by atoms with E-state index in [1.807, 2.05) is 0 Å². The van der Waals surface area contributed by atoms with E-state index in [4.69, 9.17) is 9.63 Å². The van der Waals surface area contributed by atoms with Crippen molar-refractivity contribution < 1.29 is 14.0 Å². The van der Waals surface area contributed by atoms with Gasteiger partial charge in [0.2, 0.25) is 11.7 Å². The van der Waals surface area contributed by atoms with Gasteiger partial charge in [-0.3, -0.25) is 0 Å². The standard InChI is InChI=1S/C16H20FN3O2/c17-14-6-1-4-12(10-14)15-18-16(22-19-15)13-5-2-7-20(11-13)8-3-9-21/h1,4,6,10,13,21H,2-3,5,7-9,11H2. The Balaban J connectivity index is 1.70. The van der Waals surface area contributed by atoms with Crippen LogP contribution in [0.5, 0.6) is 0 Å². The highest BCUT2D eigenvalue weighted by Crippen LogP contribution is 2.27. The van der Waals surface area contributed by atoms with Gasteiger partial charge in [-0.25, -0.2) is 4.39 Å². The van der Waals surface area contributed by atoms with E-state index in [1.54, 1.807) is 12.1 Å². The maximum absolute atomic E-state index is 13.3. The molecule has 1 fully saturated rings. The number of rotatable bonds is 5. The fraction of sp³-hybridized carbons (Fsp3) is 0.500. The molecule has 1 aromatic heterocycles. The summed E-state index contributed by atoms with van der Waals surface area (Å²) in [5.41, 5.74) is 0.628. The lowest BCUT2D eigenvalue weighted by atomic mass is 9.98. The van der Waals surface area contributed by atoms with Gasteiger partial charge in [0, 0.05) is 25.3 Å². The number of halogens is 1. The highest BCUT2D eigenvalue weighted by atomic mass is 19.1. The molecule has 3 rings (SSSR count). The molecule has 1 N–H and O–H groups in total. The molecule has 1 unspecified atom stereocenters. The van der Waals surface area contributed by atoms with E-state index in [1.165, 1.54) is 12.1 Å². The average Bonchev–Trinajstić information content (AvgIpc) is 3.03. The highest BCUT2D eigenvalue weighted by Gasteiger charge is 2.25. The quantitative estimate of drug-likeness (QED) is 0.919. The highest BCUT2D eigenvalue weighted by molar-refractivity contribution is 5.53. The second-order valence-electron chi connectivity index (χ2n) is 5.68. The zero-order valence-corrected chi connectivity index (χ0v) is 12.4. The van der Waals surface area contributed by atoms with Gasteiger partial charge in [0.15, 0.2) is 0 Å². The zero-order chi connectivity index (χ0) is 15.4. The number of likely N-dealkylation sites (tertiary alicyclic amines) is 1. The van der Waals surface area contributed by atoms with E-state index < -0.39 is 0 Å². The third-order valence-corrected chi connectivity index (χ3v) is 4.01. The summed E-state index contributed by atoms with van der Waals surface area (Å²) < 4.78 is 18.7. The minimum absolute atomic E-state index is 0.210. The molecule has 0 amide bonds. The Bertz CT molecular complexity index is 617. The summed E-state index contributed by atoms with van der Waals surface area (Å²) in [6, 6.07) is 6.21. The Morgan fingerprint density at radius 1 is 1.41 bits per heavy atom. The largest absolute Gasteiger partial charge is 0.396 e. The lowest BCUT2D eigenvalue weighted by Crippen LogP contribution is -2.35. The monoisotopic (exact) mass is 305 g/mol. The van der Waals surface area contributed by atoms with Crippen LogP contribution in [0.15, 0.2) is 28.8 Å². The predicted octanol–water partition coefficient (Wildman–Crippen LogP) is 2.44. The van der Waals surface area contributed by atoms with Crippen LogP contribution in [0.4, 0.5) is 4.39 Å². The van der Waals surface area contributed by atoms with Gasteiger partial charge in [-0.15, -0.1) is 0 Å². The molecule has 1 aliphatic heterocycles. The van der Waals surface area contributed by atoms with Crippen LogP contribution < -0.4 is 0 Å². The summed E-state index contributed by atoms with van der Waals surface area (Å²) in [6.07, 6.45) is 2.87. The summed E-state index contributed by atoms with van der Waals surface area (Å²) in [6.45, 7) is 3.01. The fourth-order valence-electron chi connectivity index (χ4n) is 2.90. The molecular formula is C16H20FN3O2. The van der Waals surface area contributed by atoms with Gasteiger partial charge in [-0.05, 0) is 37.9 Å². The van der Waals surface area contributed by atoms with Crippen LogP contribution in [0.2, 0.25) is 0 Å². The van der Waals surface area contributed by atoms with Crippen molar-refractivity contribution in [2.45, 2.75) is 25.2 Å². The van der Waals surface area contributed by atoms with Crippen molar-refractivity contribution in [3.63, 3.8) is 0 Å². The Hall–Kier alpha value is -1.79. The van der Waals surface area contributed by atoms with Gasteiger partial charge in [-0.1, -0.05) is 17.3 Å². The predicted molar refractivity (Wildman–Crippen MR) is 79.8 cm³/mol. The Labute approximate surface area is 128 Å². The van der Waals surface area contributed by atoms with Crippen molar-refractivity contribution in [1.82, 2.24) is 15.0 Å². The summed E-state index contributed by atoms with van der Waals surface area (Å²) in [4.78, 5) is 6.76. The van der Waals surface area contributed by atoms with Crippen molar-refractivity contribution in [1.29, 1.82) is 0 Å². The number of aromatic nitrogens is 2. The summed E-state index contributed by atoms with van der Waals surface area (Å²) in [5.74, 6) is 0.953. The molecule has 0 radical (unpaired) electrons. The first-order valence-corrected chi connectivity index (χ1v) is 7.69. The van der Waals surface area contributed by atoms with Crippen LogP contribution in [0, 0.1) is 5.82 Å². The molecule has 6 heteroatoms. The van der Waals surface area contributed by atoms with Crippen molar-refractivity contribution in [3.8, 4) is 11.4 Å². The van der Waals surface area contributed by atoms with Gasteiger partial charge in [0.05, 0.1) is 5.92 Å². The summed E-state index contributed by atoms with van der Waals surface area (Å²) in [5, 5.41) is 12.9. The fourth-order valence-corrected chi connectivity index (χ4v) is 2.90. The average molecular weight is 305 g/mol. The second kappa shape index (κ2) is 6.98. The lowest BCUT2D eigenvalue weighted by Gasteiger charge is -2.30. The molecule has 118 valence electrons. The second-order valence-corrected chi connectivity index (χ2v) is 5.68. The molecule has 0 saturated carbocycles. The minimum Gasteiger partial charge on any atom is -0.396 e. The molecule has 0 aliphatic carbocycles. The molecular weight excluding hydrogens is 285 g/mol. The third kappa shape index (κ3) is 3.51. The summed E-state index contributed by atoms with van der Waals surface area (Å²) in [7, 11) is 0. The molecule has 0 bridgehead atoms. The SMILES string of the molecule is OCCCN1CCCC(c2nc(-c3cccc(F)c3)no2)C1. The number of piperidine rings is 1. The Morgan fingerprint density at radius 3 is 3.14 bits per heavy atom. The van der Waals surface area contributed by atoms with Crippen molar-refractivity contribution in [2.75, 3.05) is 26.2 Å². The number of hydrogen-bond donors (Lipinski definition) is 1. The molecule has 1 atom stereocenters. The van der Waals surface area contributed by atoms with Crippen LogP contribution in [-0.2, 0) is 0 Å². The van der Waals surface area contributed by atoms with Crippen LogP contribution in [0.1, 0.15) is 31.1 Å². The number of aliphatic hydroxyl groups is 1. The van der Waals surface area contributed by atoms with Crippen LogP contribution in [0.25, 0.3) is 11.4 Å². The van der Waals surface area contributed by atoms with Crippen LogP contribution in [-0.4, -0.2) is 46.4 Å². The molecule has 5 nitrogen and oxygen atoms in total. The molecule has 2 aromatic rings. The van der Waals surface area contributed by atoms with E-state index in [2.05, 4.69) is 15.0 Å². The zero-order valence-electron chi connectivity index (χ0n) is 12.4. The number of nitrogens with zero attached hydrogens (tertiary/aromatic N) is 3. The first-order chi connectivity index (χ1) is 10.8. The van der Waals surface area contributed by atoms with E-state index in [0.717, 1.165) is 38.9 Å². The van der Waals surface area contributed by atoms with Crippen molar-refractivity contribution >= 4 is 0 Å². The van der Waals surface area contributed by atoms with E-state index in [0.29, 0.717) is 17.3 Å². The number of hydrogen-bond acceptors (Lipinski definition) is 5. The Morgan fingerprint density at radius 2 is 2.32 bits per heavy atom. The molecule has 1 aliphatic rings. The molecule has 0 spiro atoms. The topological polar surface area (TPSA) is 62.4 Å². The number of benzene rings is 1. The van der Waals surface area contributed by atoms with Crippen molar-refractivity contribution in [3.05, 3.63) is 36.0 Å². The minimum atomic E-state index is -0.309. The maximum atomic E-state index is 13.3. The van der Waals surface area contributed by atoms with Crippen molar-refractivity contribution in [2.24, 2.45) is 0 Å². The maximum Gasteiger partial charge on any atom is 0.231 e.